The molecule has 6 aromatic carbocycles. The number of hydrogen-bond acceptors (Lipinski definition) is 20. The summed E-state index contributed by atoms with van der Waals surface area (Å²) in [5.41, 5.74) is 11.1. The standard InChI is InChI=1S/C40H40N6O16S4.4Na/c1-5-7-61-31-17-25(19(3)9-29(31)43-45-37-33(65(55,56)57)13-21-11-23(63(49,50)51)15-27(41)35(21)39(37)47)26-18-32(62-8-6-2)30(10-20(26)4)44-46-38-34(66(58,59)60)14-22-12-24(64(52,53)54)16-28(42)36(22)40(38)48;;;;/h9-18,47-48H,5-8,41-42H2,1-4H3,(H,49,50,51)(H,52,53,54)(H,55,56,57)(H,58,59,60);;;;/q;4*+1/p-4. The number of benzene rings is 6. The first kappa shape index (κ1) is 63.6. The van der Waals surface area contributed by atoms with Gasteiger partial charge in [0.2, 0.25) is 0 Å². The SMILES string of the molecule is CCCOc1cc(-c2cc(OCCC)c(N=Nc3c(S(=O)(=O)O)cc4cc(S(=O)(=O)[O-])cc(N)c4c3[O-])cc2C)c(C)cc1N=Nc1c(S(=O)(=O)O)cc2cc(S(=O)(=O)[O-])cc(N)c2c1[O-].[Na+].[Na+].[Na+].[Na+]. The quantitative estimate of drug-likeness (QED) is 0.0322. The normalized spacial score (nSPS) is 12.1. The second-order valence-corrected chi connectivity index (χ2v) is 20.1. The maximum Gasteiger partial charge on any atom is 1.00 e. The summed E-state index contributed by atoms with van der Waals surface area (Å²) in [5, 5.41) is 41.8. The first-order chi connectivity index (χ1) is 30.6. The summed E-state index contributed by atoms with van der Waals surface area (Å²) in [4.78, 5) is -3.82. The van der Waals surface area contributed by atoms with Gasteiger partial charge in [-0.25, -0.2) is 16.8 Å². The largest absolute Gasteiger partial charge is 1.00 e. The molecule has 0 aromatic heterocycles. The van der Waals surface area contributed by atoms with Gasteiger partial charge in [0.15, 0.2) is 0 Å². The van der Waals surface area contributed by atoms with E-state index in [2.05, 4.69) is 20.5 Å². The molecule has 6 aromatic rings. The topological polar surface area (TPSA) is 389 Å². The molecular formula is C40H36N6Na4O16S4. The van der Waals surface area contributed by atoms with E-state index in [9.17, 15) is 62.1 Å². The molecule has 0 radical (unpaired) electrons. The van der Waals surface area contributed by atoms with Gasteiger partial charge in [-0.2, -0.15) is 16.8 Å². The van der Waals surface area contributed by atoms with Crippen molar-refractivity contribution >= 4 is 96.1 Å². The van der Waals surface area contributed by atoms with E-state index in [1.807, 2.05) is 13.8 Å². The maximum atomic E-state index is 13.7. The Morgan fingerprint density at radius 1 is 0.529 bits per heavy atom. The predicted molar refractivity (Wildman–Crippen MR) is 232 cm³/mol. The Balaban J connectivity index is 0.00000420. The van der Waals surface area contributed by atoms with Crippen molar-refractivity contribution in [1.82, 2.24) is 0 Å². The molecule has 0 heterocycles. The van der Waals surface area contributed by atoms with Crippen LogP contribution < -0.4 is 149 Å². The molecular weight excluding hydrogens is 1040 g/mol. The Kier molecular flexibility index (Phi) is 22.4. The Morgan fingerprint density at radius 3 is 1.14 bits per heavy atom. The summed E-state index contributed by atoms with van der Waals surface area (Å²) in [6.45, 7) is 7.26. The second kappa shape index (κ2) is 24.7. The summed E-state index contributed by atoms with van der Waals surface area (Å²) >= 11 is 0. The van der Waals surface area contributed by atoms with Crippen molar-refractivity contribution in [2.45, 2.75) is 60.1 Å². The van der Waals surface area contributed by atoms with Gasteiger partial charge in [0.1, 0.15) is 52.9 Å². The van der Waals surface area contributed by atoms with Gasteiger partial charge in [-0.3, -0.25) is 9.11 Å². The van der Waals surface area contributed by atoms with E-state index in [4.69, 9.17) is 20.9 Å². The number of nitrogens with two attached hydrogens (primary N) is 2. The van der Waals surface area contributed by atoms with Crippen LogP contribution in [0.15, 0.2) is 101 Å². The average molecular weight is 1080 g/mol. The number of aryl methyl sites for hydroxylation is 2. The Bertz CT molecular complexity index is 3320. The van der Waals surface area contributed by atoms with Gasteiger partial charge in [-0.1, -0.05) is 25.3 Å². The minimum absolute atomic E-state index is 0. The first-order valence-electron chi connectivity index (χ1n) is 19.1. The molecule has 22 nitrogen and oxygen atoms in total. The maximum absolute atomic E-state index is 13.7. The molecule has 6 N–H and O–H groups in total. The molecule has 0 bridgehead atoms. The minimum atomic E-state index is -5.22. The Hall–Kier alpha value is -2.52. The van der Waals surface area contributed by atoms with Crippen LogP contribution in [0.2, 0.25) is 0 Å². The van der Waals surface area contributed by atoms with Crippen LogP contribution in [0.4, 0.5) is 34.1 Å². The van der Waals surface area contributed by atoms with Gasteiger partial charge in [-0.05, 0) is 131 Å². The van der Waals surface area contributed by atoms with E-state index in [1.54, 1.807) is 26.0 Å². The number of ether oxygens (including phenoxy) is 2. The molecule has 6 rings (SSSR count). The van der Waals surface area contributed by atoms with E-state index < -0.39 is 105 Å². The van der Waals surface area contributed by atoms with E-state index in [-0.39, 0.29) is 165 Å². The molecule has 0 spiro atoms. The average Bonchev–Trinajstić information content (AvgIpc) is 3.20. The summed E-state index contributed by atoms with van der Waals surface area (Å²) in [6.07, 6.45) is 1.01. The molecule has 0 aliphatic heterocycles. The molecule has 0 amide bonds. The number of hydrogen-bond donors (Lipinski definition) is 4. The van der Waals surface area contributed by atoms with Crippen LogP contribution in [0.5, 0.6) is 23.0 Å². The van der Waals surface area contributed by atoms with Crippen molar-refractivity contribution in [2.75, 3.05) is 24.7 Å². The van der Waals surface area contributed by atoms with E-state index >= 15 is 0 Å². The summed E-state index contributed by atoms with van der Waals surface area (Å²) in [6, 6.07) is 10.5. The van der Waals surface area contributed by atoms with Crippen molar-refractivity contribution in [3.05, 3.63) is 71.8 Å². The summed E-state index contributed by atoms with van der Waals surface area (Å²) in [5.74, 6) is -2.15. The van der Waals surface area contributed by atoms with Gasteiger partial charge < -0.3 is 40.3 Å². The fraction of sp³-hybridized carbons (Fsp3) is 0.200. The number of azo groups is 2. The molecule has 0 saturated carbocycles. The molecule has 0 aliphatic carbocycles. The number of fused-ring (bicyclic) bond motifs is 2. The molecule has 0 unspecified atom stereocenters. The third kappa shape index (κ3) is 14.0. The molecule has 0 atom stereocenters. The third-order valence-electron chi connectivity index (χ3n) is 9.74. The zero-order valence-corrected chi connectivity index (χ0v) is 50.1. The van der Waals surface area contributed by atoms with Crippen LogP contribution in [-0.2, 0) is 40.5 Å². The molecule has 0 aliphatic rings. The Morgan fingerprint density at radius 2 is 0.857 bits per heavy atom. The van der Waals surface area contributed by atoms with Crippen molar-refractivity contribution in [3.63, 3.8) is 0 Å². The van der Waals surface area contributed by atoms with Crippen LogP contribution in [0.3, 0.4) is 0 Å². The van der Waals surface area contributed by atoms with Gasteiger partial charge in [0, 0.05) is 11.4 Å². The van der Waals surface area contributed by atoms with Gasteiger partial charge in [0.05, 0.1) is 34.4 Å². The van der Waals surface area contributed by atoms with E-state index in [0.29, 0.717) is 35.1 Å². The predicted octanol–water partition coefficient (Wildman–Crippen LogP) is -5.69. The van der Waals surface area contributed by atoms with Crippen molar-refractivity contribution < 1.29 is 190 Å². The molecule has 0 fully saturated rings. The molecule has 30 heteroatoms. The van der Waals surface area contributed by atoms with Crippen LogP contribution in [0.25, 0.3) is 32.7 Å². The van der Waals surface area contributed by atoms with Gasteiger partial charge >= 0.3 is 118 Å². The minimum Gasteiger partial charge on any atom is -0.870 e. The number of rotatable bonds is 15. The fourth-order valence-electron chi connectivity index (χ4n) is 6.77. The summed E-state index contributed by atoms with van der Waals surface area (Å²) < 4.78 is 152. The van der Waals surface area contributed by atoms with Crippen molar-refractivity contribution in [1.29, 1.82) is 0 Å². The third-order valence-corrected chi connectivity index (χ3v) is 13.1. The fourth-order valence-corrected chi connectivity index (χ4v) is 9.16. The molecule has 70 heavy (non-hydrogen) atoms. The number of nitrogens with zero attached hydrogens (tertiary/aromatic N) is 4. The van der Waals surface area contributed by atoms with Crippen LogP contribution in [0.1, 0.15) is 37.8 Å². The van der Waals surface area contributed by atoms with Gasteiger partial charge in [0.25, 0.3) is 20.2 Å². The first-order valence-corrected chi connectivity index (χ1v) is 24.7. The molecule has 350 valence electrons. The molecule has 0 saturated heterocycles. The van der Waals surface area contributed by atoms with E-state index in [1.165, 1.54) is 12.1 Å². The van der Waals surface area contributed by atoms with Gasteiger partial charge in [-0.15, -0.1) is 20.5 Å². The van der Waals surface area contributed by atoms with Crippen LogP contribution >= 0.6 is 0 Å². The van der Waals surface area contributed by atoms with Crippen LogP contribution in [-0.4, -0.2) is 65.1 Å². The van der Waals surface area contributed by atoms with E-state index in [0.717, 1.165) is 36.4 Å². The summed E-state index contributed by atoms with van der Waals surface area (Å²) in [7, 11) is -20.6. The number of anilines is 2. The van der Waals surface area contributed by atoms with Crippen LogP contribution in [0, 0.1) is 13.8 Å². The zero-order valence-electron chi connectivity index (χ0n) is 38.8. The monoisotopic (exact) mass is 1080 g/mol. The second-order valence-electron chi connectivity index (χ2n) is 14.6. The van der Waals surface area contributed by atoms with Crippen molar-refractivity contribution in [2.24, 2.45) is 20.5 Å². The zero-order chi connectivity index (χ0) is 48.8. The van der Waals surface area contributed by atoms with Crippen molar-refractivity contribution in [3.8, 4) is 34.1 Å². The smallest absolute Gasteiger partial charge is 0.870 e. The number of nitrogen functional groups attached to an aromatic ring is 2. The Labute approximate surface area is 490 Å².